The number of rotatable bonds is 2. The summed E-state index contributed by atoms with van der Waals surface area (Å²) in [6.45, 7) is 4.29. The molecule has 0 radical (unpaired) electrons. The molecule has 1 heterocycles. The quantitative estimate of drug-likeness (QED) is 0.430. The van der Waals surface area contributed by atoms with Gasteiger partial charge in [-0.05, 0) is 42.5 Å². The zero-order valence-corrected chi connectivity index (χ0v) is 14.0. The average Bonchev–Trinajstić information content (AvgIpc) is 2.60. The van der Waals surface area contributed by atoms with E-state index in [1.165, 1.54) is 33.0 Å². The Labute approximate surface area is 142 Å². The van der Waals surface area contributed by atoms with Crippen LogP contribution in [0, 0.1) is 13.8 Å². The standard InChI is InChI=1S/C23H19N/c1-16-12-17(2)14-21(13-16)19-7-5-8-20(15-19)23-22-9-4-3-6-18(22)10-11-24-23/h3-15H,1-2H3. The Morgan fingerprint density at radius 2 is 1.38 bits per heavy atom. The predicted molar refractivity (Wildman–Crippen MR) is 102 cm³/mol. The molecule has 3 aromatic carbocycles. The monoisotopic (exact) mass is 309 g/mol. The summed E-state index contributed by atoms with van der Waals surface area (Å²) in [6, 6.07) is 25.8. The first-order valence-corrected chi connectivity index (χ1v) is 8.23. The van der Waals surface area contributed by atoms with Gasteiger partial charge in [0.15, 0.2) is 0 Å². The smallest absolute Gasteiger partial charge is 0.0780 e. The fourth-order valence-electron chi connectivity index (χ4n) is 3.34. The lowest BCUT2D eigenvalue weighted by Gasteiger charge is -2.09. The Morgan fingerprint density at radius 1 is 0.625 bits per heavy atom. The molecule has 0 aliphatic heterocycles. The van der Waals surface area contributed by atoms with Crippen LogP contribution in [0.1, 0.15) is 11.1 Å². The number of benzene rings is 3. The minimum atomic E-state index is 1.04. The minimum Gasteiger partial charge on any atom is -0.256 e. The number of aromatic nitrogens is 1. The molecule has 1 nitrogen and oxygen atoms in total. The number of fused-ring (bicyclic) bond motifs is 1. The Bertz CT molecular complexity index is 1010. The van der Waals surface area contributed by atoms with Crippen molar-refractivity contribution in [1.29, 1.82) is 0 Å². The molecule has 4 aromatic rings. The van der Waals surface area contributed by atoms with Gasteiger partial charge in [0.1, 0.15) is 0 Å². The van der Waals surface area contributed by atoms with Crippen LogP contribution in [0.25, 0.3) is 33.2 Å². The van der Waals surface area contributed by atoms with Crippen molar-refractivity contribution in [2.24, 2.45) is 0 Å². The van der Waals surface area contributed by atoms with Gasteiger partial charge >= 0.3 is 0 Å². The van der Waals surface area contributed by atoms with E-state index in [-0.39, 0.29) is 0 Å². The lowest BCUT2D eigenvalue weighted by molar-refractivity contribution is 1.35. The van der Waals surface area contributed by atoms with Crippen LogP contribution in [-0.2, 0) is 0 Å². The topological polar surface area (TPSA) is 12.9 Å². The van der Waals surface area contributed by atoms with E-state index < -0.39 is 0 Å². The van der Waals surface area contributed by atoms with Crippen LogP contribution in [0.2, 0.25) is 0 Å². The Kier molecular flexibility index (Phi) is 3.62. The lowest BCUT2D eigenvalue weighted by atomic mass is 9.97. The fraction of sp³-hybridized carbons (Fsp3) is 0.0870. The third kappa shape index (κ3) is 2.69. The van der Waals surface area contributed by atoms with Crippen molar-refractivity contribution in [3.8, 4) is 22.4 Å². The van der Waals surface area contributed by atoms with Gasteiger partial charge in [0.2, 0.25) is 0 Å². The maximum Gasteiger partial charge on any atom is 0.0780 e. The molecule has 0 amide bonds. The molecule has 0 fully saturated rings. The van der Waals surface area contributed by atoms with Gasteiger partial charge in [-0.2, -0.15) is 0 Å². The summed E-state index contributed by atoms with van der Waals surface area (Å²) in [7, 11) is 0. The van der Waals surface area contributed by atoms with Crippen LogP contribution in [-0.4, -0.2) is 4.98 Å². The molecule has 0 aliphatic rings. The second kappa shape index (κ2) is 5.93. The van der Waals surface area contributed by atoms with Crippen LogP contribution in [0.4, 0.5) is 0 Å². The molecule has 0 atom stereocenters. The van der Waals surface area contributed by atoms with Gasteiger partial charge in [0, 0.05) is 17.1 Å². The van der Waals surface area contributed by atoms with Crippen LogP contribution in [0.5, 0.6) is 0 Å². The van der Waals surface area contributed by atoms with E-state index in [1.54, 1.807) is 0 Å². The highest BCUT2D eigenvalue weighted by Gasteiger charge is 2.07. The van der Waals surface area contributed by atoms with Gasteiger partial charge < -0.3 is 0 Å². The van der Waals surface area contributed by atoms with Gasteiger partial charge in [-0.15, -0.1) is 0 Å². The van der Waals surface area contributed by atoms with Gasteiger partial charge in [0.25, 0.3) is 0 Å². The second-order valence-electron chi connectivity index (χ2n) is 6.34. The molecule has 24 heavy (non-hydrogen) atoms. The van der Waals surface area contributed by atoms with E-state index >= 15 is 0 Å². The SMILES string of the molecule is Cc1cc(C)cc(-c2cccc(-c3nccc4ccccc34)c2)c1. The molecule has 4 rings (SSSR count). The van der Waals surface area contributed by atoms with Crippen LogP contribution < -0.4 is 0 Å². The molecule has 0 spiro atoms. The van der Waals surface area contributed by atoms with Crippen molar-refractivity contribution in [2.75, 3.05) is 0 Å². The number of hydrogen-bond acceptors (Lipinski definition) is 1. The fourth-order valence-corrected chi connectivity index (χ4v) is 3.34. The first-order valence-electron chi connectivity index (χ1n) is 8.23. The molecule has 0 saturated heterocycles. The predicted octanol–water partition coefficient (Wildman–Crippen LogP) is 6.19. The number of nitrogens with zero attached hydrogens (tertiary/aromatic N) is 1. The lowest BCUT2D eigenvalue weighted by Crippen LogP contribution is -1.88. The highest BCUT2D eigenvalue weighted by Crippen LogP contribution is 2.30. The summed E-state index contributed by atoms with van der Waals surface area (Å²) in [6.07, 6.45) is 1.89. The summed E-state index contributed by atoms with van der Waals surface area (Å²) in [5.41, 5.74) is 7.27. The van der Waals surface area contributed by atoms with Crippen molar-refractivity contribution < 1.29 is 0 Å². The molecular formula is C23H19N. The molecule has 0 N–H and O–H groups in total. The molecule has 1 heteroatoms. The van der Waals surface area contributed by atoms with E-state index in [0.717, 1.165) is 11.3 Å². The first-order chi connectivity index (χ1) is 11.7. The average molecular weight is 309 g/mol. The van der Waals surface area contributed by atoms with E-state index in [4.69, 9.17) is 0 Å². The molecule has 116 valence electrons. The largest absolute Gasteiger partial charge is 0.256 e. The van der Waals surface area contributed by atoms with E-state index in [0.29, 0.717) is 0 Å². The van der Waals surface area contributed by atoms with E-state index in [9.17, 15) is 0 Å². The van der Waals surface area contributed by atoms with Crippen molar-refractivity contribution in [2.45, 2.75) is 13.8 Å². The Balaban J connectivity index is 1.88. The van der Waals surface area contributed by atoms with Crippen molar-refractivity contribution in [3.05, 3.63) is 90.1 Å². The third-order valence-electron chi connectivity index (χ3n) is 4.36. The molecule has 0 saturated carbocycles. The summed E-state index contributed by atoms with van der Waals surface area (Å²) >= 11 is 0. The summed E-state index contributed by atoms with van der Waals surface area (Å²) in [4.78, 5) is 4.65. The second-order valence-corrected chi connectivity index (χ2v) is 6.34. The molecular weight excluding hydrogens is 290 g/mol. The van der Waals surface area contributed by atoms with Crippen LogP contribution in [0.15, 0.2) is 79.0 Å². The third-order valence-corrected chi connectivity index (χ3v) is 4.36. The normalized spacial score (nSPS) is 10.9. The number of aryl methyl sites for hydroxylation is 2. The molecule has 1 aromatic heterocycles. The van der Waals surface area contributed by atoms with Crippen molar-refractivity contribution in [3.63, 3.8) is 0 Å². The summed E-state index contributed by atoms with van der Waals surface area (Å²) in [5.74, 6) is 0. The zero-order valence-electron chi connectivity index (χ0n) is 14.0. The number of pyridine rings is 1. The van der Waals surface area contributed by atoms with E-state index in [2.05, 4.69) is 91.6 Å². The highest BCUT2D eigenvalue weighted by molar-refractivity contribution is 5.95. The van der Waals surface area contributed by atoms with Gasteiger partial charge in [0.05, 0.1) is 5.69 Å². The number of hydrogen-bond donors (Lipinski definition) is 0. The van der Waals surface area contributed by atoms with Gasteiger partial charge in [-0.25, -0.2) is 0 Å². The van der Waals surface area contributed by atoms with Gasteiger partial charge in [-0.1, -0.05) is 71.8 Å². The van der Waals surface area contributed by atoms with Crippen molar-refractivity contribution >= 4 is 10.8 Å². The van der Waals surface area contributed by atoms with Crippen LogP contribution in [0.3, 0.4) is 0 Å². The Morgan fingerprint density at radius 3 is 2.21 bits per heavy atom. The maximum atomic E-state index is 4.65. The summed E-state index contributed by atoms with van der Waals surface area (Å²) in [5, 5.41) is 2.41. The van der Waals surface area contributed by atoms with E-state index in [1.807, 2.05) is 6.20 Å². The van der Waals surface area contributed by atoms with Gasteiger partial charge in [-0.3, -0.25) is 4.98 Å². The highest BCUT2D eigenvalue weighted by atomic mass is 14.7. The molecule has 0 unspecified atom stereocenters. The summed E-state index contributed by atoms with van der Waals surface area (Å²) < 4.78 is 0. The Hall–Kier alpha value is -2.93. The first kappa shape index (κ1) is 14.6. The van der Waals surface area contributed by atoms with Crippen LogP contribution >= 0.6 is 0 Å². The zero-order chi connectivity index (χ0) is 16.5. The molecule has 0 bridgehead atoms. The van der Waals surface area contributed by atoms with Crippen molar-refractivity contribution in [1.82, 2.24) is 4.98 Å². The molecule has 0 aliphatic carbocycles. The maximum absolute atomic E-state index is 4.65. The minimum absolute atomic E-state index is 1.04.